The molecule has 0 aromatic heterocycles. The van der Waals surface area contributed by atoms with Gasteiger partial charge in [-0.3, -0.25) is 9.59 Å². The number of rotatable bonds is 3. The van der Waals surface area contributed by atoms with Crippen molar-refractivity contribution in [3.8, 4) is 0 Å². The molecular weight excluding hydrogens is 294 g/mol. The SMILES string of the molecule is CN1CC(=O)N(c2cccc(C3(N=C=O)CCCC3)c2)CC1=O. The van der Waals surface area contributed by atoms with Crippen molar-refractivity contribution in [3.05, 3.63) is 29.8 Å². The normalized spacial score (nSPS) is 20.6. The molecule has 0 unspecified atom stereocenters. The lowest BCUT2D eigenvalue weighted by molar-refractivity contribution is -0.136. The fourth-order valence-corrected chi connectivity index (χ4v) is 3.43. The van der Waals surface area contributed by atoms with Crippen LogP contribution in [0.25, 0.3) is 0 Å². The van der Waals surface area contributed by atoms with Crippen molar-refractivity contribution in [2.45, 2.75) is 31.2 Å². The van der Waals surface area contributed by atoms with Crippen molar-refractivity contribution in [1.82, 2.24) is 4.90 Å². The van der Waals surface area contributed by atoms with Gasteiger partial charge in [-0.15, -0.1) is 0 Å². The molecule has 0 radical (unpaired) electrons. The summed E-state index contributed by atoms with van der Waals surface area (Å²) in [6.07, 6.45) is 5.35. The van der Waals surface area contributed by atoms with Gasteiger partial charge < -0.3 is 9.80 Å². The van der Waals surface area contributed by atoms with Crippen LogP contribution in [0.5, 0.6) is 0 Å². The van der Waals surface area contributed by atoms with E-state index in [2.05, 4.69) is 4.99 Å². The number of benzene rings is 1. The maximum Gasteiger partial charge on any atom is 0.247 e. The maximum atomic E-state index is 12.2. The molecule has 0 N–H and O–H groups in total. The minimum atomic E-state index is -0.530. The summed E-state index contributed by atoms with van der Waals surface area (Å²) in [5, 5.41) is 0. The van der Waals surface area contributed by atoms with Crippen LogP contribution in [-0.4, -0.2) is 42.9 Å². The summed E-state index contributed by atoms with van der Waals surface area (Å²) >= 11 is 0. The first-order valence-electron chi connectivity index (χ1n) is 7.80. The van der Waals surface area contributed by atoms with Gasteiger partial charge in [-0.2, -0.15) is 4.99 Å². The summed E-state index contributed by atoms with van der Waals surface area (Å²) in [5.41, 5.74) is 1.06. The molecule has 0 atom stereocenters. The number of isocyanates is 1. The Morgan fingerprint density at radius 1 is 1.13 bits per heavy atom. The average Bonchev–Trinajstić information content (AvgIpc) is 3.01. The molecule has 1 aromatic rings. The molecule has 23 heavy (non-hydrogen) atoms. The highest BCUT2D eigenvalue weighted by atomic mass is 16.2. The number of nitrogens with zero attached hydrogens (tertiary/aromatic N) is 3. The van der Waals surface area contributed by atoms with Crippen LogP contribution < -0.4 is 4.90 Å². The summed E-state index contributed by atoms with van der Waals surface area (Å²) in [7, 11) is 1.63. The van der Waals surface area contributed by atoms with Crippen molar-refractivity contribution < 1.29 is 14.4 Å². The van der Waals surface area contributed by atoms with Gasteiger partial charge in [0.05, 0.1) is 12.1 Å². The Balaban J connectivity index is 1.95. The van der Waals surface area contributed by atoms with E-state index in [0.29, 0.717) is 5.69 Å². The highest BCUT2D eigenvalue weighted by molar-refractivity contribution is 6.04. The number of likely N-dealkylation sites (N-methyl/N-ethyl adjacent to an activating group) is 1. The van der Waals surface area contributed by atoms with Crippen molar-refractivity contribution in [1.29, 1.82) is 0 Å². The number of piperazine rings is 1. The van der Waals surface area contributed by atoms with Crippen LogP contribution in [-0.2, 0) is 19.9 Å². The van der Waals surface area contributed by atoms with Gasteiger partial charge in [-0.25, -0.2) is 4.79 Å². The molecule has 2 amide bonds. The molecular formula is C17H19N3O3. The van der Waals surface area contributed by atoms with Crippen LogP contribution in [0.3, 0.4) is 0 Å². The van der Waals surface area contributed by atoms with E-state index in [1.54, 1.807) is 13.1 Å². The largest absolute Gasteiger partial charge is 0.335 e. The molecule has 0 spiro atoms. The third-order valence-corrected chi connectivity index (χ3v) is 4.78. The molecule has 6 nitrogen and oxygen atoms in total. The standard InChI is InChI=1S/C17H19N3O3/c1-19-10-16(23)20(11-15(19)22)14-6-4-5-13(9-14)17(18-12-21)7-2-3-8-17/h4-6,9H,2-3,7-8,10-11H2,1H3. The van der Waals surface area contributed by atoms with E-state index in [-0.39, 0.29) is 24.9 Å². The van der Waals surface area contributed by atoms with Gasteiger partial charge in [0.2, 0.25) is 17.9 Å². The zero-order valence-electron chi connectivity index (χ0n) is 13.1. The molecule has 2 aliphatic rings. The second-order valence-corrected chi connectivity index (χ2v) is 6.22. The minimum absolute atomic E-state index is 0.0444. The van der Waals surface area contributed by atoms with Crippen LogP contribution in [0.2, 0.25) is 0 Å². The van der Waals surface area contributed by atoms with Gasteiger partial charge in [0.1, 0.15) is 6.54 Å². The predicted octanol–water partition coefficient (Wildman–Crippen LogP) is 1.60. The Labute approximate surface area is 134 Å². The molecule has 0 bridgehead atoms. The summed E-state index contributed by atoms with van der Waals surface area (Å²) in [4.78, 5) is 42.0. The lowest BCUT2D eigenvalue weighted by atomic mass is 9.88. The Bertz CT molecular complexity index is 688. The number of amides is 2. The van der Waals surface area contributed by atoms with Crippen molar-refractivity contribution >= 4 is 23.6 Å². The zero-order valence-corrected chi connectivity index (χ0v) is 13.1. The first-order chi connectivity index (χ1) is 11.1. The van der Waals surface area contributed by atoms with Crippen molar-refractivity contribution in [2.24, 2.45) is 4.99 Å². The topological polar surface area (TPSA) is 70.1 Å². The highest BCUT2D eigenvalue weighted by Gasteiger charge is 2.36. The Morgan fingerprint density at radius 2 is 1.87 bits per heavy atom. The van der Waals surface area contributed by atoms with E-state index in [9.17, 15) is 14.4 Å². The van der Waals surface area contributed by atoms with Crippen LogP contribution in [0.15, 0.2) is 29.3 Å². The lowest BCUT2D eigenvalue weighted by Crippen LogP contribution is -2.52. The zero-order chi connectivity index (χ0) is 16.4. The van der Waals surface area contributed by atoms with Crippen molar-refractivity contribution in [3.63, 3.8) is 0 Å². The second-order valence-electron chi connectivity index (χ2n) is 6.22. The predicted molar refractivity (Wildman–Crippen MR) is 84.7 cm³/mol. The van der Waals surface area contributed by atoms with E-state index in [1.807, 2.05) is 24.3 Å². The molecule has 1 aliphatic carbocycles. The number of carbonyl (C=O) groups is 2. The first kappa shape index (κ1) is 15.4. The fraction of sp³-hybridized carbons (Fsp3) is 0.471. The molecule has 1 saturated carbocycles. The number of hydrogen-bond acceptors (Lipinski definition) is 4. The van der Waals surface area contributed by atoms with E-state index in [0.717, 1.165) is 31.2 Å². The molecule has 1 heterocycles. The fourth-order valence-electron chi connectivity index (χ4n) is 3.43. The van der Waals surface area contributed by atoms with Gasteiger partial charge in [-0.1, -0.05) is 25.0 Å². The van der Waals surface area contributed by atoms with Crippen LogP contribution in [0.1, 0.15) is 31.2 Å². The molecule has 1 aliphatic heterocycles. The van der Waals surface area contributed by atoms with Crippen molar-refractivity contribution in [2.75, 3.05) is 25.0 Å². The summed E-state index contributed by atoms with van der Waals surface area (Å²) in [6, 6.07) is 7.47. The third kappa shape index (κ3) is 2.78. The molecule has 3 rings (SSSR count). The van der Waals surface area contributed by atoms with Gasteiger partial charge in [0.15, 0.2) is 0 Å². The Kier molecular flexibility index (Phi) is 4.01. The highest BCUT2D eigenvalue weighted by Crippen LogP contribution is 2.43. The number of carbonyl (C=O) groups excluding carboxylic acids is 3. The number of aliphatic imine (C=N–C) groups is 1. The molecule has 6 heteroatoms. The van der Waals surface area contributed by atoms with Gasteiger partial charge in [0.25, 0.3) is 0 Å². The third-order valence-electron chi connectivity index (χ3n) is 4.78. The van der Waals surface area contributed by atoms with E-state index >= 15 is 0 Å². The molecule has 2 fully saturated rings. The van der Waals surface area contributed by atoms with Gasteiger partial charge >= 0.3 is 0 Å². The Morgan fingerprint density at radius 3 is 2.57 bits per heavy atom. The summed E-state index contributed by atoms with van der Waals surface area (Å²) in [6.45, 7) is 0.128. The first-order valence-corrected chi connectivity index (χ1v) is 7.80. The average molecular weight is 313 g/mol. The number of hydrogen-bond donors (Lipinski definition) is 0. The molecule has 1 aromatic carbocycles. The van der Waals surface area contributed by atoms with Gasteiger partial charge in [0, 0.05) is 12.7 Å². The summed E-state index contributed by atoms with van der Waals surface area (Å²) < 4.78 is 0. The van der Waals surface area contributed by atoms with E-state index in [4.69, 9.17) is 0 Å². The smallest absolute Gasteiger partial charge is 0.247 e. The lowest BCUT2D eigenvalue weighted by Gasteiger charge is -2.32. The van der Waals surface area contributed by atoms with Gasteiger partial charge in [-0.05, 0) is 30.5 Å². The maximum absolute atomic E-state index is 12.2. The quantitative estimate of drug-likeness (QED) is 0.628. The second kappa shape index (κ2) is 5.97. The van der Waals surface area contributed by atoms with E-state index in [1.165, 1.54) is 9.80 Å². The Hall–Kier alpha value is -2.46. The monoisotopic (exact) mass is 313 g/mol. The molecule has 1 saturated heterocycles. The van der Waals surface area contributed by atoms with Crippen LogP contribution >= 0.6 is 0 Å². The summed E-state index contributed by atoms with van der Waals surface area (Å²) in [5.74, 6) is -0.194. The minimum Gasteiger partial charge on any atom is -0.335 e. The van der Waals surface area contributed by atoms with Crippen LogP contribution in [0.4, 0.5) is 5.69 Å². The van der Waals surface area contributed by atoms with E-state index < -0.39 is 5.54 Å². The van der Waals surface area contributed by atoms with Crippen LogP contribution in [0, 0.1) is 0 Å². The molecule has 120 valence electrons. The number of anilines is 1.